The number of ketones is 2. The monoisotopic (exact) mass is 547 g/mol. The summed E-state index contributed by atoms with van der Waals surface area (Å²) in [6, 6.07) is 3.51. The Hall–Kier alpha value is -2.31. The molecule has 37 heavy (non-hydrogen) atoms. The zero-order chi connectivity index (χ0) is 27.3. The predicted molar refractivity (Wildman–Crippen MR) is 144 cm³/mol. The summed E-state index contributed by atoms with van der Waals surface area (Å²) in [7, 11) is 0. The number of nitrogens with zero attached hydrogens (tertiary/aromatic N) is 1. The number of Topliss-reactive ketones (excluding diaryl/α,β-unsaturated/α-hetero) is 2. The number of rotatable bonds is 7. The summed E-state index contributed by atoms with van der Waals surface area (Å²) in [6.45, 7) is 10.9. The van der Waals surface area contributed by atoms with Gasteiger partial charge in [-0.05, 0) is 47.8 Å². The molecule has 1 aromatic rings. The van der Waals surface area contributed by atoms with E-state index in [0.29, 0.717) is 64.8 Å². The Kier molecular flexibility index (Phi) is 7.57. The van der Waals surface area contributed by atoms with E-state index in [2.05, 4.69) is 0 Å². The highest BCUT2D eigenvalue weighted by molar-refractivity contribution is 6.37. The molecule has 4 rings (SSSR count). The van der Waals surface area contributed by atoms with Gasteiger partial charge in [0.05, 0.1) is 23.1 Å². The van der Waals surface area contributed by atoms with Gasteiger partial charge < -0.3 is 14.7 Å². The lowest BCUT2D eigenvalue weighted by atomic mass is 9.63. The maximum atomic E-state index is 13.8. The number of ether oxygens (including phenoxy) is 1. The third-order valence-corrected chi connectivity index (χ3v) is 7.94. The fourth-order valence-electron chi connectivity index (χ4n) is 5.95. The number of benzene rings is 1. The number of allylic oxidation sites excluding steroid dienone is 4. The number of carboxylic acids is 1. The molecule has 0 fully saturated rings. The topological polar surface area (TPSA) is 83.9 Å². The number of carboxylic acid groups (broad SMARTS) is 1. The minimum absolute atomic E-state index is 0.0284. The molecule has 1 heterocycles. The molecule has 0 saturated carbocycles. The molecule has 0 saturated heterocycles. The largest absolute Gasteiger partial charge is 0.490 e. The van der Waals surface area contributed by atoms with Gasteiger partial charge in [-0.3, -0.25) is 14.4 Å². The molecule has 1 aliphatic heterocycles. The summed E-state index contributed by atoms with van der Waals surface area (Å²) in [6.07, 6.45) is 2.60. The quantitative estimate of drug-likeness (QED) is 0.397. The van der Waals surface area contributed by atoms with Gasteiger partial charge in [0.25, 0.3) is 0 Å². The van der Waals surface area contributed by atoms with Crippen LogP contribution in [0.4, 0.5) is 0 Å². The van der Waals surface area contributed by atoms with Crippen molar-refractivity contribution in [2.24, 2.45) is 10.8 Å². The molecule has 0 atom stereocenters. The van der Waals surface area contributed by atoms with Gasteiger partial charge in [0.15, 0.2) is 17.3 Å². The lowest BCUT2D eigenvalue weighted by Gasteiger charge is -2.49. The minimum atomic E-state index is -0.921. The molecule has 0 bridgehead atoms. The molecule has 0 amide bonds. The van der Waals surface area contributed by atoms with Crippen LogP contribution in [0.5, 0.6) is 5.75 Å². The van der Waals surface area contributed by atoms with Crippen molar-refractivity contribution < 1.29 is 24.2 Å². The van der Waals surface area contributed by atoms with E-state index in [1.54, 1.807) is 12.1 Å². The van der Waals surface area contributed by atoms with Crippen molar-refractivity contribution in [1.29, 1.82) is 0 Å². The number of hydrogen-bond acceptors (Lipinski definition) is 5. The highest BCUT2D eigenvalue weighted by atomic mass is 35.5. The summed E-state index contributed by atoms with van der Waals surface area (Å²) in [5.41, 5.74) is 2.85. The Balaban J connectivity index is 1.96. The highest BCUT2D eigenvalue weighted by Crippen LogP contribution is 2.55. The van der Waals surface area contributed by atoms with Gasteiger partial charge in [-0.2, -0.15) is 0 Å². The summed E-state index contributed by atoms with van der Waals surface area (Å²) in [4.78, 5) is 41.1. The Morgan fingerprint density at radius 1 is 0.973 bits per heavy atom. The van der Waals surface area contributed by atoms with Gasteiger partial charge in [0.2, 0.25) is 0 Å². The Morgan fingerprint density at radius 2 is 1.46 bits per heavy atom. The lowest BCUT2D eigenvalue weighted by Crippen LogP contribution is -2.45. The first kappa shape index (κ1) is 27.7. The highest BCUT2D eigenvalue weighted by Gasteiger charge is 2.49. The van der Waals surface area contributed by atoms with Crippen LogP contribution in [-0.2, 0) is 14.4 Å². The number of hydrogen-bond donors (Lipinski definition) is 1. The number of carbonyl (C=O) groups excluding carboxylic acids is 2. The molecule has 3 aliphatic rings. The first-order valence-electron chi connectivity index (χ1n) is 12.9. The van der Waals surface area contributed by atoms with Crippen molar-refractivity contribution in [3.8, 4) is 5.75 Å². The van der Waals surface area contributed by atoms with E-state index in [-0.39, 0.29) is 35.4 Å². The second-order valence-electron chi connectivity index (χ2n) is 12.0. The van der Waals surface area contributed by atoms with Crippen LogP contribution in [0.1, 0.15) is 84.6 Å². The predicted octanol–water partition coefficient (Wildman–Crippen LogP) is 6.94. The molecular formula is C29H35Cl2NO5. The maximum absolute atomic E-state index is 13.8. The number of carbonyl (C=O) groups is 3. The van der Waals surface area contributed by atoms with E-state index in [0.717, 1.165) is 17.8 Å². The molecule has 0 unspecified atom stereocenters. The molecule has 0 spiro atoms. The second kappa shape index (κ2) is 10.1. The fourth-order valence-corrected chi connectivity index (χ4v) is 6.56. The van der Waals surface area contributed by atoms with Crippen molar-refractivity contribution in [2.75, 3.05) is 13.2 Å². The molecule has 0 radical (unpaired) electrons. The summed E-state index contributed by atoms with van der Waals surface area (Å²) in [5.74, 6) is -1.19. The van der Waals surface area contributed by atoms with Crippen LogP contribution in [0.15, 0.2) is 34.7 Å². The smallest absolute Gasteiger partial charge is 0.305 e. The first-order chi connectivity index (χ1) is 17.2. The minimum Gasteiger partial charge on any atom is -0.490 e. The fraction of sp³-hybridized carbons (Fsp3) is 0.552. The van der Waals surface area contributed by atoms with Crippen molar-refractivity contribution in [3.63, 3.8) is 0 Å². The van der Waals surface area contributed by atoms with Crippen molar-refractivity contribution >= 4 is 40.7 Å². The molecule has 0 aromatic heterocycles. The van der Waals surface area contributed by atoms with Gasteiger partial charge in [-0.25, -0.2) is 0 Å². The zero-order valence-corrected chi connectivity index (χ0v) is 23.7. The van der Waals surface area contributed by atoms with Crippen LogP contribution in [0.25, 0.3) is 0 Å². The van der Waals surface area contributed by atoms with Crippen LogP contribution in [-0.4, -0.2) is 40.7 Å². The summed E-state index contributed by atoms with van der Waals surface area (Å²) in [5, 5.41) is 10.2. The lowest BCUT2D eigenvalue weighted by molar-refractivity contribution is -0.137. The van der Waals surface area contributed by atoms with E-state index in [4.69, 9.17) is 27.9 Å². The van der Waals surface area contributed by atoms with E-state index in [1.807, 2.05) is 39.5 Å². The number of aliphatic carboxylic acids is 1. The average Bonchev–Trinajstić information content (AvgIpc) is 2.74. The van der Waals surface area contributed by atoms with Gasteiger partial charge >= 0.3 is 5.97 Å². The SMILES string of the molecule is CCCOc1c(Cl)cc(C2C3=C(CC(C)(C)CC3=O)N(CCC(=O)O)C3=C2C(=O)CC(C)(C)C3)cc1Cl. The molecule has 1 aromatic carbocycles. The Labute approximate surface area is 228 Å². The zero-order valence-electron chi connectivity index (χ0n) is 22.2. The van der Waals surface area contributed by atoms with E-state index >= 15 is 0 Å². The third-order valence-electron chi connectivity index (χ3n) is 7.38. The van der Waals surface area contributed by atoms with Crippen LogP contribution >= 0.6 is 23.2 Å². The van der Waals surface area contributed by atoms with E-state index < -0.39 is 11.9 Å². The van der Waals surface area contributed by atoms with Gasteiger partial charge in [-0.15, -0.1) is 0 Å². The summed E-state index contributed by atoms with van der Waals surface area (Å²) >= 11 is 13.3. The maximum Gasteiger partial charge on any atom is 0.305 e. The van der Waals surface area contributed by atoms with E-state index in [9.17, 15) is 19.5 Å². The number of halogens is 2. The molecule has 200 valence electrons. The van der Waals surface area contributed by atoms with Crippen LogP contribution in [0, 0.1) is 10.8 Å². The molecule has 1 N–H and O–H groups in total. The molecule has 6 nitrogen and oxygen atoms in total. The molecular weight excluding hydrogens is 513 g/mol. The van der Waals surface area contributed by atoms with Gasteiger partial charge in [-0.1, -0.05) is 57.8 Å². The Bertz CT molecular complexity index is 1150. The summed E-state index contributed by atoms with van der Waals surface area (Å²) < 4.78 is 5.75. The van der Waals surface area contributed by atoms with E-state index in [1.165, 1.54) is 0 Å². The van der Waals surface area contributed by atoms with Crippen LogP contribution in [0.3, 0.4) is 0 Å². The van der Waals surface area contributed by atoms with Crippen molar-refractivity contribution in [1.82, 2.24) is 4.90 Å². The normalized spacial score (nSPS) is 21.2. The second-order valence-corrected chi connectivity index (χ2v) is 12.8. The molecule has 8 heteroatoms. The van der Waals surface area contributed by atoms with Gasteiger partial charge in [0.1, 0.15) is 0 Å². The Morgan fingerprint density at radius 3 is 1.89 bits per heavy atom. The van der Waals surface area contributed by atoms with Crippen molar-refractivity contribution in [3.05, 3.63) is 50.3 Å². The van der Waals surface area contributed by atoms with Crippen LogP contribution in [0.2, 0.25) is 10.0 Å². The van der Waals surface area contributed by atoms with Gasteiger partial charge in [0, 0.05) is 47.8 Å². The third kappa shape index (κ3) is 5.46. The standard InChI is InChI=1S/C29H35Cl2NO5/c1-6-9-37-27-17(30)10-16(11-18(27)31)24-25-19(12-28(2,3)14-21(25)33)32(8-7-23(35)36)20-13-29(4,5)15-22(34)26(20)24/h10-11,24H,6-9,12-15H2,1-5H3,(H,35,36). The first-order valence-corrected chi connectivity index (χ1v) is 13.6. The van der Waals surface area contributed by atoms with Crippen molar-refractivity contribution in [2.45, 2.75) is 79.1 Å². The average molecular weight is 549 g/mol. The molecule has 2 aliphatic carbocycles. The van der Waals surface area contributed by atoms with Crippen LogP contribution < -0.4 is 4.74 Å².